The average molecular weight is 161 g/mol. The van der Waals surface area contributed by atoms with Gasteiger partial charge in [0.2, 0.25) is 5.60 Å². The van der Waals surface area contributed by atoms with Crippen molar-refractivity contribution in [1.29, 1.82) is 0 Å². The molecular weight excluding hydrogens is 152 g/mol. The molecular formula is C6H9O5. The van der Waals surface area contributed by atoms with Crippen LogP contribution in [0.15, 0.2) is 0 Å². The van der Waals surface area contributed by atoms with E-state index >= 15 is 0 Å². The van der Waals surface area contributed by atoms with Gasteiger partial charge in [0.25, 0.3) is 0 Å². The second-order valence-electron chi connectivity index (χ2n) is 2.49. The third-order valence-electron chi connectivity index (χ3n) is 1.82. The lowest BCUT2D eigenvalue weighted by Crippen LogP contribution is -2.52. The van der Waals surface area contributed by atoms with Crippen molar-refractivity contribution >= 4 is 5.97 Å². The first kappa shape index (κ1) is 8.45. The molecule has 0 aliphatic carbocycles. The molecule has 1 heterocycles. The number of carboxylic acid groups (broad SMARTS) is 1. The first-order valence-electron chi connectivity index (χ1n) is 3.12. The summed E-state index contributed by atoms with van der Waals surface area (Å²) in [4.78, 5) is 10.4. The molecule has 1 saturated heterocycles. The quantitative estimate of drug-likeness (QED) is 0.447. The minimum Gasteiger partial charge on any atom is -0.479 e. The Hall–Kier alpha value is -0.650. The molecule has 3 N–H and O–H groups in total. The van der Waals surface area contributed by atoms with E-state index in [-0.39, 0.29) is 0 Å². The minimum absolute atomic E-state index is 0.915. The summed E-state index contributed by atoms with van der Waals surface area (Å²) in [5.41, 5.74) is -2.19. The Morgan fingerprint density at radius 3 is 2.45 bits per heavy atom. The molecule has 1 aliphatic heterocycles. The molecule has 11 heavy (non-hydrogen) atoms. The molecule has 63 valence electrons. The zero-order valence-corrected chi connectivity index (χ0v) is 5.89. The fourth-order valence-corrected chi connectivity index (χ4v) is 0.941. The van der Waals surface area contributed by atoms with Gasteiger partial charge in [-0.05, 0) is 6.92 Å². The molecule has 0 aromatic heterocycles. The second kappa shape index (κ2) is 2.44. The number of carboxylic acids is 1. The van der Waals surface area contributed by atoms with Crippen LogP contribution in [0.5, 0.6) is 0 Å². The maximum Gasteiger partial charge on any atom is 0.341 e. The number of carbonyl (C=O) groups is 1. The lowest BCUT2D eigenvalue weighted by molar-refractivity contribution is -0.171. The van der Waals surface area contributed by atoms with Gasteiger partial charge in [-0.25, -0.2) is 4.79 Å². The van der Waals surface area contributed by atoms with Crippen LogP contribution in [0.4, 0.5) is 0 Å². The van der Waals surface area contributed by atoms with Gasteiger partial charge in [0, 0.05) is 0 Å². The third kappa shape index (κ3) is 1.01. The van der Waals surface area contributed by atoms with E-state index in [9.17, 15) is 9.90 Å². The van der Waals surface area contributed by atoms with E-state index in [4.69, 9.17) is 10.2 Å². The van der Waals surface area contributed by atoms with Crippen LogP contribution in [0.1, 0.15) is 6.92 Å². The van der Waals surface area contributed by atoms with Crippen LogP contribution in [0, 0.1) is 6.61 Å². The summed E-state index contributed by atoms with van der Waals surface area (Å²) < 4.78 is 4.64. The van der Waals surface area contributed by atoms with Gasteiger partial charge in [-0.3, -0.25) is 0 Å². The molecule has 0 amide bonds. The van der Waals surface area contributed by atoms with Crippen molar-refractivity contribution in [2.75, 3.05) is 0 Å². The number of aliphatic carboxylic acids is 1. The summed E-state index contributed by atoms with van der Waals surface area (Å²) in [5.74, 6) is -1.48. The van der Waals surface area contributed by atoms with E-state index in [1.165, 1.54) is 6.92 Å². The molecule has 0 bridgehead atoms. The van der Waals surface area contributed by atoms with Crippen molar-refractivity contribution in [3.63, 3.8) is 0 Å². The molecule has 1 fully saturated rings. The molecule has 5 nitrogen and oxygen atoms in total. The first-order valence-corrected chi connectivity index (χ1v) is 3.12. The van der Waals surface area contributed by atoms with Gasteiger partial charge in [-0.2, -0.15) is 0 Å². The normalized spacial score (nSPS) is 44.3. The van der Waals surface area contributed by atoms with Crippen molar-refractivity contribution in [1.82, 2.24) is 0 Å². The summed E-state index contributed by atoms with van der Waals surface area (Å²) in [7, 11) is 0. The maximum atomic E-state index is 10.4. The average Bonchev–Trinajstić information content (AvgIpc) is 2.18. The number of hydrogen-bond acceptors (Lipinski definition) is 4. The Balaban J connectivity index is 2.88. The van der Waals surface area contributed by atoms with Crippen LogP contribution in [0.2, 0.25) is 0 Å². The van der Waals surface area contributed by atoms with E-state index in [1.807, 2.05) is 0 Å². The summed E-state index contributed by atoms with van der Waals surface area (Å²) in [6, 6.07) is 0. The van der Waals surface area contributed by atoms with Crippen LogP contribution in [-0.2, 0) is 9.53 Å². The van der Waals surface area contributed by atoms with Gasteiger partial charge in [-0.1, -0.05) is 0 Å². The minimum atomic E-state index is -2.19. The van der Waals surface area contributed by atoms with Crippen LogP contribution in [0.25, 0.3) is 0 Å². The van der Waals surface area contributed by atoms with Crippen LogP contribution < -0.4 is 0 Å². The molecule has 0 unspecified atom stereocenters. The van der Waals surface area contributed by atoms with E-state index in [0.717, 1.165) is 6.61 Å². The summed E-state index contributed by atoms with van der Waals surface area (Å²) in [5, 5.41) is 26.8. The molecule has 0 aromatic carbocycles. The molecule has 1 aliphatic rings. The van der Waals surface area contributed by atoms with Gasteiger partial charge in [0.15, 0.2) is 0 Å². The SMILES string of the molecule is C[C@H]1O[CH][C@H](O)[C@]1(O)C(=O)O. The first-order chi connectivity index (χ1) is 4.99. The van der Waals surface area contributed by atoms with Crippen LogP contribution >= 0.6 is 0 Å². The second-order valence-corrected chi connectivity index (χ2v) is 2.49. The number of hydrogen-bond donors (Lipinski definition) is 3. The van der Waals surface area contributed by atoms with Crippen molar-refractivity contribution in [2.24, 2.45) is 0 Å². The third-order valence-corrected chi connectivity index (χ3v) is 1.82. The molecule has 1 radical (unpaired) electrons. The fraction of sp³-hybridized carbons (Fsp3) is 0.667. The monoisotopic (exact) mass is 161 g/mol. The number of aliphatic hydroxyl groups excluding tert-OH is 1. The standard InChI is InChI=1S/C6H9O5/c1-3-6(10,5(8)9)4(7)2-11-3/h2-4,7,10H,1H3,(H,8,9)/t3-,4+,6+/m1/s1. The van der Waals surface area contributed by atoms with Gasteiger partial charge < -0.3 is 20.1 Å². The topological polar surface area (TPSA) is 87.0 Å². The number of rotatable bonds is 1. The molecule has 5 heteroatoms. The Bertz CT molecular complexity index is 168. The highest BCUT2D eigenvalue weighted by molar-refractivity contribution is 5.79. The van der Waals surface area contributed by atoms with Gasteiger partial charge in [0.1, 0.15) is 12.7 Å². The zero-order valence-electron chi connectivity index (χ0n) is 5.89. The highest BCUT2D eigenvalue weighted by Crippen LogP contribution is 2.28. The predicted molar refractivity (Wildman–Crippen MR) is 33.4 cm³/mol. The van der Waals surface area contributed by atoms with Crippen molar-refractivity contribution in [3.8, 4) is 0 Å². The maximum absolute atomic E-state index is 10.4. The highest BCUT2D eigenvalue weighted by atomic mass is 16.5. The largest absolute Gasteiger partial charge is 0.479 e. The summed E-state index contributed by atoms with van der Waals surface area (Å²) in [6.07, 6.45) is -2.38. The van der Waals surface area contributed by atoms with E-state index in [0.29, 0.717) is 0 Å². The molecule has 1 rings (SSSR count). The van der Waals surface area contributed by atoms with Crippen molar-refractivity contribution in [2.45, 2.75) is 24.7 Å². The van der Waals surface area contributed by atoms with Crippen molar-refractivity contribution < 1.29 is 24.9 Å². The van der Waals surface area contributed by atoms with E-state index in [2.05, 4.69) is 4.74 Å². The van der Waals surface area contributed by atoms with Crippen molar-refractivity contribution in [3.05, 3.63) is 6.61 Å². The lowest BCUT2D eigenvalue weighted by Gasteiger charge is -2.22. The predicted octanol–water partition coefficient (Wildman–Crippen LogP) is -1.26. The highest BCUT2D eigenvalue weighted by Gasteiger charge is 2.54. The van der Waals surface area contributed by atoms with E-state index < -0.39 is 23.8 Å². The number of ether oxygens (including phenoxy) is 1. The Morgan fingerprint density at radius 1 is 1.73 bits per heavy atom. The molecule has 0 saturated carbocycles. The molecule has 3 atom stereocenters. The smallest absolute Gasteiger partial charge is 0.341 e. The van der Waals surface area contributed by atoms with Gasteiger partial charge >= 0.3 is 5.97 Å². The fourth-order valence-electron chi connectivity index (χ4n) is 0.941. The molecule has 0 aromatic rings. The zero-order chi connectivity index (χ0) is 8.65. The summed E-state index contributed by atoms with van der Waals surface area (Å²) >= 11 is 0. The Kier molecular flexibility index (Phi) is 1.87. The van der Waals surface area contributed by atoms with E-state index in [1.54, 1.807) is 0 Å². The number of aliphatic hydroxyl groups is 2. The van der Waals surface area contributed by atoms with Gasteiger partial charge in [-0.15, -0.1) is 0 Å². The lowest BCUT2D eigenvalue weighted by atomic mass is 9.94. The van der Waals surface area contributed by atoms with Gasteiger partial charge in [0.05, 0.1) is 6.10 Å². The van der Waals surface area contributed by atoms with Crippen LogP contribution in [0.3, 0.4) is 0 Å². The summed E-state index contributed by atoms with van der Waals surface area (Å²) in [6.45, 7) is 2.29. The Labute approximate surface area is 63.2 Å². The Morgan fingerprint density at radius 2 is 2.27 bits per heavy atom. The molecule has 0 spiro atoms. The van der Waals surface area contributed by atoms with Crippen LogP contribution in [-0.4, -0.2) is 39.1 Å².